The summed E-state index contributed by atoms with van der Waals surface area (Å²) in [5.74, 6) is 0.835. The van der Waals surface area contributed by atoms with E-state index in [0.717, 1.165) is 49.9 Å². The Hall–Kier alpha value is -3.81. The molecule has 1 saturated heterocycles. The maximum absolute atomic E-state index is 10.6. The molecule has 0 unspecified atom stereocenters. The van der Waals surface area contributed by atoms with Crippen LogP contribution in [0.1, 0.15) is 52.5 Å². The number of rotatable bonds is 9. The number of hydrogen-bond donors (Lipinski definition) is 2. The first-order chi connectivity index (χ1) is 20.8. The molecule has 4 aromatic rings. The van der Waals surface area contributed by atoms with Crippen LogP contribution in [0.5, 0.6) is 11.6 Å². The van der Waals surface area contributed by atoms with Crippen LogP contribution in [0.2, 0.25) is 5.02 Å². The van der Waals surface area contributed by atoms with E-state index in [1.54, 1.807) is 23.1 Å². The van der Waals surface area contributed by atoms with Gasteiger partial charge in [0.1, 0.15) is 23.9 Å². The van der Waals surface area contributed by atoms with Crippen LogP contribution in [0, 0.1) is 0 Å². The summed E-state index contributed by atoms with van der Waals surface area (Å²) in [6.45, 7) is 8.68. The van der Waals surface area contributed by atoms with E-state index in [9.17, 15) is 5.11 Å². The summed E-state index contributed by atoms with van der Waals surface area (Å²) in [6, 6.07) is 6.34. The SMILES string of the molecule is C[C@@H]1CN([C@H]2CC[C@H](n3cc(Nc4ncc(-c5ccc(Cl)c(O[C@@H](C)Cn6cnnn6)c5)cn4)c(O)n3)CC2)C[C@H](C)O1. The largest absolute Gasteiger partial charge is 0.491 e. The first kappa shape index (κ1) is 29.3. The highest BCUT2D eigenvalue weighted by Crippen LogP contribution is 2.35. The molecule has 13 nitrogen and oxygen atoms in total. The minimum absolute atomic E-state index is 0.0686. The molecule has 2 aliphatic rings. The molecular formula is C29H37ClN10O3. The molecule has 3 atom stereocenters. The maximum atomic E-state index is 10.6. The third-order valence-electron chi connectivity index (χ3n) is 8.04. The molecule has 6 rings (SSSR count). The Morgan fingerprint density at radius 1 is 1.07 bits per heavy atom. The van der Waals surface area contributed by atoms with E-state index in [4.69, 9.17) is 21.1 Å². The Bertz CT molecular complexity index is 1480. The van der Waals surface area contributed by atoms with E-state index in [-0.39, 0.29) is 30.2 Å². The van der Waals surface area contributed by atoms with Crippen molar-refractivity contribution in [3.05, 3.63) is 48.1 Å². The van der Waals surface area contributed by atoms with Crippen molar-refractivity contribution in [3.63, 3.8) is 0 Å². The van der Waals surface area contributed by atoms with E-state index in [1.165, 1.54) is 6.33 Å². The fourth-order valence-corrected chi connectivity index (χ4v) is 6.24. The van der Waals surface area contributed by atoms with Crippen LogP contribution in [0.15, 0.2) is 43.1 Å². The number of aromatic nitrogens is 8. The topological polar surface area (TPSA) is 141 Å². The number of tetrazole rings is 1. The van der Waals surface area contributed by atoms with Gasteiger partial charge in [-0.05, 0) is 74.6 Å². The zero-order valence-electron chi connectivity index (χ0n) is 24.5. The first-order valence-corrected chi connectivity index (χ1v) is 15.1. The highest BCUT2D eigenvalue weighted by atomic mass is 35.5. The number of nitrogens with one attached hydrogen (secondary N) is 1. The van der Waals surface area contributed by atoms with E-state index in [0.29, 0.717) is 35.0 Å². The quantitative estimate of drug-likeness (QED) is 0.277. The van der Waals surface area contributed by atoms with Crippen molar-refractivity contribution >= 4 is 23.2 Å². The number of hydrogen-bond acceptors (Lipinski definition) is 11. The standard InChI is InChI=1S/C29H37ClN10O3/c1-18-13-38(14-19(2)42-18)23-5-7-24(8-6-23)40-16-26(28(41)35-40)34-29-31-11-22(12-32-29)21-4-9-25(30)27(10-21)43-20(3)15-39-17-33-36-37-39/h4,9-12,16-20,23-24H,5-8,13-15H2,1-3H3,(H,35,41)(H,31,32,34)/t18-,19+,20-,23-,24-/m0/s1. The number of halogens is 1. The lowest BCUT2D eigenvalue weighted by Gasteiger charge is -2.42. The Morgan fingerprint density at radius 3 is 2.49 bits per heavy atom. The van der Waals surface area contributed by atoms with Gasteiger partial charge in [-0.3, -0.25) is 9.58 Å². The monoisotopic (exact) mass is 608 g/mol. The molecule has 1 saturated carbocycles. The van der Waals surface area contributed by atoms with Crippen molar-refractivity contribution < 1.29 is 14.6 Å². The second kappa shape index (κ2) is 12.8. The van der Waals surface area contributed by atoms with Gasteiger partial charge in [-0.2, -0.15) is 0 Å². The fourth-order valence-electron chi connectivity index (χ4n) is 6.08. The van der Waals surface area contributed by atoms with Gasteiger partial charge in [-0.1, -0.05) is 17.7 Å². The van der Waals surface area contributed by atoms with Crippen molar-refractivity contribution in [1.82, 2.24) is 44.9 Å². The Labute approximate surface area is 255 Å². The highest BCUT2D eigenvalue weighted by molar-refractivity contribution is 6.32. The Balaban J connectivity index is 1.06. The third-order valence-corrected chi connectivity index (χ3v) is 8.36. The highest BCUT2D eigenvalue weighted by Gasteiger charge is 2.32. The molecule has 2 fully saturated rings. The molecule has 0 amide bonds. The summed E-state index contributed by atoms with van der Waals surface area (Å²) >= 11 is 6.40. The fraction of sp³-hybridized carbons (Fsp3) is 0.517. The summed E-state index contributed by atoms with van der Waals surface area (Å²) in [6.07, 6.45) is 11.4. The molecule has 0 bridgehead atoms. The third kappa shape index (κ3) is 7.06. The summed E-state index contributed by atoms with van der Waals surface area (Å²) in [5, 5.41) is 29.7. The van der Waals surface area contributed by atoms with Gasteiger partial charge < -0.3 is 19.9 Å². The second-order valence-electron chi connectivity index (χ2n) is 11.5. The predicted molar refractivity (Wildman–Crippen MR) is 160 cm³/mol. The lowest BCUT2D eigenvalue weighted by Crippen LogP contribution is -2.51. The number of ether oxygens (including phenoxy) is 2. The molecule has 3 aromatic heterocycles. The lowest BCUT2D eigenvalue weighted by molar-refractivity contribution is -0.0852. The molecule has 0 radical (unpaired) electrons. The summed E-state index contributed by atoms with van der Waals surface area (Å²) in [7, 11) is 0. The second-order valence-corrected chi connectivity index (χ2v) is 12.0. The van der Waals surface area contributed by atoms with Crippen LogP contribution in [-0.2, 0) is 11.3 Å². The zero-order chi connectivity index (χ0) is 29.9. The van der Waals surface area contributed by atoms with Crippen molar-refractivity contribution in [2.24, 2.45) is 0 Å². The maximum Gasteiger partial charge on any atom is 0.254 e. The van der Waals surface area contributed by atoms with Crippen molar-refractivity contribution in [2.45, 2.75) is 83.4 Å². The van der Waals surface area contributed by atoms with Crippen LogP contribution >= 0.6 is 11.6 Å². The minimum Gasteiger partial charge on any atom is -0.491 e. The van der Waals surface area contributed by atoms with E-state index >= 15 is 0 Å². The molecule has 1 aliphatic carbocycles. The molecule has 4 heterocycles. The van der Waals surface area contributed by atoms with Gasteiger partial charge in [0.2, 0.25) is 5.95 Å². The normalized spacial score (nSPS) is 23.6. The van der Waals surface area contributed by atoms with Gasteiger partial charge in [0, 0.05) is 37.1 Å². The summed E-state index contributed by atoms with van der Waals surface area (Å²) in [5.41, 5.74) is 2.12. The van der Waals surface area contributed by atoms with Crippen LogP contribution in [0.25, 0.3) is 11.1 Å². The molecule has 1 aromatic carbocycles. The van der Waals surface area contributed by atoms with E-state index in [2.05, 4.69) is 54.7 Å². The van der Waals surface area contributed by atoms with Gasteiger partial charge in [0.15, 0.2) is 0 Å². The molecule has 43 heavy (non-hydrogen) atoms. The Kier molecular flexibility index (Phi) is 8.73. The average Bonchev–Trinajstić information content (AvgIpc) is 3.63. The van der Waals surface area contributed by atoms with E-state index < -0.39 is 0 Å². The molecule has 2 N–H and O–H groups in total. The van der Waals surface area contributed by atoms with Crippen LogP contribution < -0.4 is 10.1 Å². The molecule has 14 heteroatoms. The Morgan fingerprint density at radius 2 is 1.79 bits per heavy atom. The number of nitrogens with zero attached hydrogens (tertiary/aromatic N) is 9. The molecular weight excluding hydrogens is 572 g/mol. The molecule has 228 valence electrons. The minimum atomic E-state index is -0.208. The lowest BCUT2D eigenvalue weighted by atomic mass is 9.89. The zero-order valence-corrected chi connectivity index (χ0v) is 25.3. The van der Waals surface area contributed by atoms with Crippen LogP contribution in [-0.4, -0.2) is 87.4 Å². The smallest absolute Gasteiger partial charge is 0.254 e. The number of anilines is 2. The van der Waals surface area contributed by atoms with E-state index in [1.807, 2.05) is 29.9 Å². The first-order valence-electron chi connectivity index (χ1n) is 14.7. The number of morpholine rings is 1. The van der Waals surface area contributed by atoms with Gasteiger partial charge >= 0.3 is 0 Å². The molecule has 0 spiro atoms. The van der Waals surface area contributed by atoms with Gasteiger partial charge in [0.05, 0.1) is 36.0 Å². The number of benzene rings is 1. The number of aromatic hydroxyl groups is 1. The van der Waals surface area contributed by atoms with Crippen molar-refractivity contribution in [1.29, 1.82) is 0 Å². The van der Waals surface area contributed by atoms with Crippen molar-refractivity contribution in [3.8, 4) is 22.8 Å². The van der Waals surface area contributed by atoms with Crippen LogP contribution in [0.4, 0.5) is 11.6 Å². The van der Waals surface area contributed by atoms with Gasteiger partial charge in [-0.15, -0.1) is 10.2 Å². The van der Waals surface area contributed by atoms with Gasteiger partial charge in [0.25, 0.3) is 5.88 Å². The van der Waals surface area contributed by atoms with Crippen LogP contribution in [0.3, 0.4) is 0 Å². The average molecular weight is 609 g/mol. The summed E-state index contributed by atoms with van der Waals surface area (Å²) in [4.78, 5) is 11.5. The van der Waals surface area contributed by atoms with Crippen molar-refractivity contribution in [2.75, 3.05) is 18.4 Å². The molecule has 1 aliphatic heterocycles. The van der Waals surface area contributed by atoms with Gasteiger partial charge in [-0.25, -0.2) is 14.6 Å². The predicted octanol–water partition coefficient (Wildman–Crippen LogP) is 4.49. The summed E-state index contributed by atoms with van der Waals surface area (Å²) < 4.78 is 15.4.